The highest BCUT2D eigenvalue weighted by molar-refractivity contribution is 6.29. The van der Waals surface area contributed by atoms with Crippen LogP contribution < -0.4 is 0 Å². The third kappa shape index (κ3) is 8.26. The van der Waals surface area contributed by atoms with Crippen LogP contribution in [0.2, 0.25) is 0 Å². The van der Waals surface area contributed by atoms with Crippen LogP contribution in [0, 0.1) is 0 Å². The Morgan fingerprint density at radius 3 is 0.875 bits per heavy atom. The lowest BCUT2D eigenvalue weighted by atomic mass is 10.1. The van der Waals surface area contributed by atoms with Gasteiger partial charge in [-0.05, 0) is 66.7 Å². The predicted octanol–water partition coefficient (Wildman–Crippen LogP) is 18.8. The van der Waals surface area contributed by atoms with Crippen LogP contribution in [0.1, 0.15) is 0 Å². The Labute approximate surface area is 504 Å². The molecule has 18 aromatic rings. The van der Waals surface area contributed by atoms with Crippen LogP contribution in [0.5, 0.6) is 0 Å². The molecule has 0 saturated carbocycles. The van der Waals surface area contributed by atoms with Crippen LogP contribution in [-0.2, 0) is 0 Å². The fraction of sp³-hybridized carbons (Fsp3) is 0. The molecule has 0 amide bonds. The summed E-state index contributed by atoms with van der Waals surface area (Å²) in [6.07, 6.45) is 0. The largest absolute Gasteiger partial charge is 0.309 e. The minimum absolute atomic E-state index is 0.589. The van der Waals surface area contributed by atoms with Crippen molar-refractivity contribution in [3.63, 3.8) is 0 Å². The average Bonchev–Trinajstić information content (AvgIpc) is 1.61. The maximum absolute atomic E-state index is 5.11. The fourth-order valence-corrected chi connectivity index (χ4v) is 13.0. The van der Waals surface area contributed by atoms with Gasteiger partial charge in [0.2, 0.25) is 11.9 Å². The minimum Gasteiger partial charge on any atom is -0.309 e. The van der Waals surface area contributed by atoms with E-state index in [0.29, 0.717) is 35.2 Å². The summed E-state index contributed by atoms with van der Waals surface area (Å²) in [6, 6.07) is 105. The molecule has 0 spiro atoms. The highest BCUT2D eigenvalue weighted by Gasteiger charge is 2.25. The van der Waals surface area contributed by atoms with Gasteiger partial charge in [-0.1, -0.05) is 237 Å². The standard InChI is InChI=1S/2C39H25N5/c1-4-14-26(15-5-1)37-40-38(27-16-6-2-7-17-27)42-39(41-37)44-33-23-13-11-21-31(33)35-34(44)25-24-30-29-20-10-12-22-32(29)43(36(30)35)28-18-8-3-9-19-28;1-4-14-26(15-5-1)37-40-38(27-16-6-2-7-17-27)42-39(41-37)44-32-23-13-11-21-30(32)36-34(44)25-24-33-35(36)29-20-10-12-22-31(29)43(33)28-18-8-3-9-19-28/h2*1-25H. The van der Waals surface area contributed by atoms with Crippen molar-refractivity contribution in [3.05, 3.63) is 303 Å². The highest BCUT2D eigenvalue weighted by Crippen LogP contribution is 2.44. The summed E-state index contributed by atoms with van der Waals surface area (Å²) >= 11 is 0. The normalized spacial score (nSPS) is 11.6. The Morgan fingerprint density at radius 2 is 0.466 bits per heavy atom. The molecule has 10 nitrogen and oxygen atoms in total. The maximum Gasteiger partial charge on any atom is 0.238 e. The summed E-state index contributed by atoms with van der Waals surface area (Å²) in [5, 5.41) is 9.53. The molecule has 0 bridgehead atoms. The van der Waals surface area contributed by atoms with Gasteiger partial charge in [0.05, 0.1) is 44.1 Å². The molecule has 0 atom stereocenters. The van der Waals surface area contributed by atoms with Crippen LogP contribution in [0.25, 0.3) is 156 Å². The molecule has 6 aromatic heterocycles. The van der Waals surface area contributed by atoms with Gasteiger partial charge in [-0.25, -0.2) is 9.97 Å². The van der Waals surface area contributed by atoms with Gasteiger partial charge in [-0.2, -0.15) is 19.9 Å². The summed E-state index contributed by atoms with van der Waals surface area (Å²) in [4.78, 5) is 30.3. The van der Waals surface area contributed by atoms with E-state index in [1.165, 1.54) is 54.4 Å². The van der Waals surface area contributed by atoms with E-state index >= 15 is 0 Å². The van der Waals surface area contributed by atoms with Crippen molar-refractivity contribution < 1.29 is 0 Å². The molecule has 6 heterocycles. The first-order valence-corrected chi connectivity index (χ1v) is 29.5. The lowest BCUT2D eigenvalue weighted by Gasteiger charge is -2.11. The van der Waals surface area contributed by atoms with Crippen molar-refractivity contribution in [1.82, 2.24) is 48.2 Å². The molecule has 0 aliphatic carbocycles. The molecule has 0 fully saturated rings. The SMILES string of the molecule is c1ccc(-c2nc(-c3ccccc3)nc(-n3c4ccccc4c4c3ccc3c5ccccc5n(-c5ccccc5)c34)n2)cc1.c1ccc(-c2nc(-c3ccccc3)nc(-n3c4ccccc4c4c5c6ccccc6n(-c6ccccc6)c5ccc43)n2)cc1. The molecular formula is C78H50N10. The third-order valence-electron chi connectivity index (χ3n) is 16.7. The van der Waals surface area contributed by atoms with Gasteiger partial charge in [0.1, 0.15) is 0 Å². The van der Waals surface area contributed by atoms with E-state index in [1.807, 2.05) is 121 Å². The van der Waals surface area contributed by atoms with Gasteiger partial charge in [0, 0.05) is 76.7 Å². The molecule has 0 N–H and O–H groups in total. The van der Waals surface area contributed by atoms with E-state index in [2.05, 4.69) is 200 Å². The molecular weight excluding hydrogens is 1080 g/mol. The van der Waals surface area contributed by atoms with Gasteiger partial charge >= 0.3 is 0 Å². The van der Waals surface area contributed by atoms with Crippen LogP contribution in [0.15, 0.2) is 303 Å². The number of nitrogens with zero attached hydrogens (tertiary/aromatic N) is 10. The topological polar surface area (TPSA) is 97.1 Å². The Balaban J connectivity index is 0.000000137. The van der Waals surface area contributed by atoms with E-state index in [1.54, 1.807) is 0 Å². The molecule has 412 valence electrons. The van der Waals surface area contributed by atoms with Gasteiger partial charge < -0.3 is 9.13 Å². The van der Waals surface area contributed by atoms with Gasteiger partial charge in [-0.15, -0.1) is 0 Å². The number of hydrogen-bond acceptors (Lipinski definition) is 6. The monoisotopic (exact) mass is 1130 g/mol. The van der Waals surface area contributed by atoms with Crippen LogP contribution in [0.4, 0.5) is 0 Å². The number of para-hydroxylation sites is 6. The zero-order valence-electron chi connectivity index (χ0n) is 47.3. The molecule has 88 heavy (non-hydrogen) atoms. The number of benzene rings is 12. The third-order valence-corrected chi connectivity index (χ3v) is 16.7. The molecule has 0 saturated heterocycles. The summed E-state index contributed by atoms with van der Waals surface area (Å²) in [5.74, 6) is 3.74. The Bertz CT molecular complexity index is 5540. The van der Waals surface area contributed by atoms with Gasteiger partial charge in [-0.3, -0.25) is 9.13 Å². The second kappa shape index (κ2) is 20.9. The zero-order chi connectivity index (χ0) is 58.1. The van der Waals surface area contributed by atoms with Gasteiger partial charge in [0.15, 0.2) is 23.3 Å². The summed E-state index contributed by atoms with van der Waals surface area (Å²) in [6.45, 7) is 0. The number of aromatic nitrogens is 10. The van der Waals surface area contributed by atoms with Gasteiger partial charge in [0.25, 0.3) is 0 Å². The quantitative estimate of drug-likeness (QED) is 0.150. The first-order valence-electron chi connectivity index (χ1n) is 29.5. The Kier molecular flexibility index (Phi) is 12.0. The van der Waals surface area contributed by atoms with Crippen LogP contribution >= 0.6 is 0 Å². The maximum atomic E-state index is 5.11. The van der Waals surface area contributed by atoms with E-state index < -0.39 is 0 Å². The van der Waals surface area contributed by atoms with Crippen molar-refractivity contribution in [3.8, 4) is 68.8 Å². The lowest BCUT2D eigenvalue weighted by Crippen LogP contribution is -2.06. The van der Waals surface area contributed by atoms with Crippen molar-refractivity contribution >= 4 is 87.2 Å². The smallest absolute Gasteiger partial charge is 0.238 e. The number of hydrogen-bond donors (Lipinski definition) is 0. The molecule has 10 heteroatoms. The molecule has 0 unspecified atom stereocenters. The van der Waals surface area contributed by atoms with Crippen molar-refractivity contribution in [2.24, 2.45) is 0 Å². The first-order chi connectivity index (χ1) is 43.7. The van der Waals surface area contributed by atoms with E-state index in [-0.39, 0.29) is 0 Å². The van der Waals surface area contributed by atoms with Crippen molar-refractivity contribution in [1.29, 1.82) is 0 Å². The number of fused-ring (bicyclic) bond motifs is 14. The molecule has 0 aliphatic heterocycles. The number of rotatable bonds is 8. The fourth-order valence-electron chi connectivity index (χ4n) is 13.0. The zero-order valence-corrected chi connectivity index (χ0v) is 47.3. The molecule has 0 radical (unpaired) electrons. The Hall–Kier alpha value is -12.1. The van der Waals surface area contributed by atoms with E-state index in [4.69, 9.17) is 29.9 Å². The van der Waals surface area contributed by atoms with Crippen LogP contribution in [0.3, 0.4) is 0 Å². The summed E-state index contributed by atoms with van der Waals surface area (Å²) in [5.41, 5.74) is 14.9. The second-order valence-electron chi connectivity index (χ2n) is 21.8. The first kappa shape index (κ1) is 50.4. The highest BCUT2D eigenvalue weighted by atomic mass is 15.2. The molecule has 18 rings (SSSR count). The van der Waals surface area contributed by atoms with Crippen molar-refractivity contribution in [2.45, 2.75) is 0 Å². The average molecular weight is 1130 g/mol. The van der Waals surface area contributed by atoms with E-state index in [0.717, 1.165) is 66.5 Å². The lowest BCUT2D eigenvalue weighted by molar-refractivity contribution is 0.953. The summed E-state index contributed by atoms with van der Waals surface area (Å²) in [7, 11) is 0. The van der Waals surface area contributed by atoms with E-state index in [9.17, 15) is 0 Å². The van der Waals surface area contributed by atoms with Crippen LogP contribution in [-0.4, -0.2) is 48.2 Å². The Morgan fingerprint density at radius 1 is 0.182 bits per heavy atom. The molecule has 12 aromatic carbocycles. The summed E-state index contributed by atoms with van der Waals surface area (Å²) < 4.78 is 9.14. The second-order valence-corrected chi connectivity index (χ2v) is 21.8. The molecule has 0 aliphatic rings. The minimum atomic E-state index is 0.589. The van der Waals surface area contributed by atoms with Crippen molar-refractivity contribution in [2.75, 3.05) is 0 Å². The predicted molar refractivity (Wildman–Crippen MR) is 359 cm³/mol.